The van der Waals surface area contributed by atoms with E-state index in [2.05, 4.69) is 38.7 Å². The molecule has 13 heavy (non-hydrogen) atoms. The predicted molar refractivity (Wildman–Crippen MR) is 60.5 cm³/mol. The zero-order valence-electron chi connectivity index (χ0n) is 8.71. The maximum Gasteiger partial charge on any atom is 0.103 e. The van der Waals surface area contributed by atoms with Gasteiger partial charge in [-0.05, 0) is 35.6 Å². The number of nitriles is 1. The Kier molecular flexibility index (Phi) is 6.68. The number of rotatable bonds is 5. The van der Waals surface area contributed by atoms with Gasteiger partial charge in [-0.25, -0.2) is 0 Å². The molecule has 0 rings (SSSR count). The molecule has 0 spiro atoms. The fourth-order valence-electron chi connectivity index (χ4n) is 1.61. The second-order valence-electron chi connectivity index (χ2n) is 3.62. The average Bonchev–Trinajstić information content (AvgIpc) is 2.02. The van der Waals surface area contributed by atoms with Crippen LogP contribution in [0.5, 0.6) is 0 Å². The molecule has 0 aliphatic rings. The molecule has 0 saturated carbocycles. The molecule has 0 fully saturated rings. The number of nitrogens with zero attached hydrogens (tertiary/aromatic N) is 2. The van der Waals surface area contributed by atoms with Crippen LogP contribution in [0.25, 0.3) is 0 Å². The Morgan fingerprint density at radius 3 is 2.00 bits per heavy atom. The second kappa shape index (κ2) is 6.60. The number of hydrogen-bond donors (Lipinski definition) is 0. The van der Waals surface area contributed by atoms with E-state index in [1.165, 1.54) is 0 Å². The normalized spacial score (nSPS) is 14.7. The van der Waals surface area contributed by atoms with Crippen LogP contribution in [-0.4, -0.2) is 29.2 Å². The zero-order chi connectivity index (χ0) is 10.4. The highest BCUT2D eigenvalue weighted by Gasteiger charge is 2.22. The van der Waals surface area contributed by atoms with Crippen LogP contribution in [-0.2, 0) is 0 Å². The lowest BCUT2D eigenvalue weighted by molar-refractivity contribution is 0.153. The van der Waals surface area contributed by atoms with Gasteiger partial charge in [0.15, 0.2) is 0 Å². The fourth-order valence-corrected chi connectivity index (χ4v) is 2.49. The van der Waals surface area contributed by atoms with E-state index in [1.54, 1.807) is 0 Å². The Morgan fingerprint density at radius 1 is 1.31 bits per heavy atom. The molecule has 0 aromatic rings. The van der Waals surface area contributed by atoms with Crippen LogP contribution in [0.4, 0.5) is 0 Å². The third kappa shape index (κ3) is 4.27. The van der Waals surface area contributed by atoms with Gasteiger partial charge in [-0.1, -0.05) is 11.2 Å². The molecule has 2 nitrogen and oxygen atoms in total. The van der Waals surface area contributed by atoms with Crippen molar-refractivity contribution in [2.24, 2.45) is 0 Å². The minimum atomic E-state index is -0.0316. The first-order valence-electron chi connectivity index (χ1n) is 4.55. The van der Waals surface area contributed by atoms with Gasteiger partial charge in [0, 0.05) is 18.2 Å². The van der Waals surface area contributed by atoms with Crippen molar-refractivity contribution >= 4 is 19.2 Å². The van der Waals surface area contributed by atoms with Gasteiger partial charge < -0.3 is 0 Å². The largest absolute Gasteiger partial charge is 0.283 e. The third-order valence-electron chi connectivity index (χ3n) is 1.97. The highest BCUT2D eigenvalue weighted by atomic mass is 35.7. The average molecular weight is 221 g/mol. The van der Waals surface area contributed by atoms with Crippen molar-refractivity contribution in [1.29, 1.82) is 5.26 Å². The fraction of sp³-hybridized carbons (Fsp3) is 0.889. The van der Waals surface area contributed by atoms with Gasteiger partial charge in [-0.3, -0.25) is 4.90 Å². The van der Waals surface area contributed by atoms with Crippen molar-refractivity contribution in [2.45, 2.75) is 45.8 Å². The summed E-state index contributed by atoms with van der Waals surface area (Å²) in [4.78, 5) is 2.20. The lowest BCUT2D eigenvalue weighted by Crippen LogP contribution is -2.45. The molecular formula is C9H18ClN2P. The molecule has 0 aromatic heterocycles. The first-order chi connectivity index (χ1) is 6.04. The standard InChI is InChI=1S/C9H18ClN2P/c1-7(2)12(8(3)4)9(5-11)6-13-10/h7-9,13H,6H2,1-4H3. The van der Waals surface area contributed by atoms with Gasteiger partial charge in [0.2, 0.25) is 0 Å². The van der Waals surface area contributed by atoms with E-state index in [9.17, 15) is 0 Å². The highest BCUT2D eigenvalue weighted by molar-refractivity contribution is 7.68. The summed E-state index contributed by atoms with van der Waals surface area (Å²) in [5.74, 6) is 0. The third-order valence-corrected chi connectivity index (χ3v) is 2.98. The van der Waals surface area contributed by atoms with E-state index in [-0.39, 0.29) is 6.04 Å². The quantitative estimate of drug-likeness (QED) is 0.667. The van der Waals surface area contributed by atoms with Crippen LogP contribution in [0.2, 0.25) is 0 Å². The van der Waals surface area contributed by atoms with Crippen LogP contribution in [0.1, 0.15) is 27.7 Å². The topological polar surface area (TPSA) is 27.0 Å². The molecule has 0 heterocycles. The SMILES string of the molecule is CC(C)N(C(C)C)C(C#N)CPCl. The molecule has 76 valence electrons. The molecule has 0 amide bonds. The molecule has 0 saturated heterocycles. The smallest absolute Gasteiger partial charge is 0.103 e. The molecule has 2 atom stereocenters. The molecule has 0 aliphatic heterocycles. The minimum Gasteiger partial charge on any atom is -0.283 e. The van der Waals surface area contributed by atoms with Crippen LogP contribution >= 0.6 is 19.2 Å². The van der Waals surface area contributed by atoms with Gasteiger partial charge in [0.1, 0.15) is 6.04 Å². The van der Waals surface area contributed by atoms with Crippen molar-refractivity contribution in [3.63, 3.8) is 0 Å². The summed E-state index contributed by atoms with van der Waals surface area (Å²) in [6.07, 6.45) is 0.772. The van der Waals surface area contributed by atoms with Crippen molar-refractivity contribution in [1.82, 2.24) is 4.90 Å². The van der Waals surface area contributed by atoms with Gasteiger partial charge in [-0.15, -0.1) is 0 Å². The summed E-state index contributed by atoms with van der Waals surface area (Å²) in [6, 6.07) is 3.08. The lowest BCUT2D eigenvalue weighted by atomic mass is 10.1. The van der Waals surface area contributed by atoms with Gasteiger partial charge in [0.05, 0.1) is 6.07 Å². The van der Waals surface area contributed by atoms with Gasteiger partial charge >= 0.3 is 0 Å². The molecule has 0 radical (unpaired) electrons. The summed E-state index contributed by atoms with van der Waals surface area (Å²) in [5.41, 5.74) is 0. The van der Waals surface area contributed by atoms with Crippen molar-refractivity contribution < 1.29 is 0 Å². The van der Waals surface area contributed by atoms with E-state index >= 15 is 0 Å². The van der Waals surface area contributed by atoms with Crippen molar-refractivity contribution in [2.75, 3.05) is 6.16 Å². The van der Waals surface area contributed by atoms with E-state index in [0.29, 0.717) is 20.0 Å². The van der Waals surface area contributed by atoms with Gasteiger partial charge in [-0.2, -0.15) is 5.26 Å². The van der Waals surface area contributed by atoms with Crippen LogP contribution < -0.4 is 0 Å². The van der Waals surface area contributed by atoms with Crippen LogP contribution in [0, 0.1) is 11.3 Å². The molecule has 2 unspecified atom stereocenters. The Bertz CT molecular complexity index is 169. The predicted octanol–water partition coefficient (Wildman–Crippen LogP) is 2.83. The Hall–Kier alpha value is 0.170. The summed E-state index contributed by atoms with van der Waals surface area (Å²) in [6.45, 7) is 8.45. The monoisotopic (exact) mass is 220 g/mol. The number of halogens is 1. The van der Waals surface area contributed by atoms with Crippen molar-refractivity contribution in [3.8, 4) is 6.07 Å². The molecule has 4 heteroatoms. The van der Waals surface area contributed by atoms with E-state index < -0.39 is 0 Å². The summed E-state index contributed by atoms with van der Waals surface area (Å²) in [5, 5.41) is 8.98. The molecule has 0 bridgehead atoms. The van der Waals surface area contributed by atoms with Gasteiger partial charge in [0.25, 0.3) is 0 Å². The van der Waals surface area contributed by atoms with Crippen LogP contribution in [0.3, 0.4) is 0 Å². The molecule has 0 N–H and O–H groups in total. The number of hydrogen-bond acceptors (Lipinski definition) is 2. The first-order valence-corrected chi connectivity index (χ1v) is 6.77. The van der Waals surface area contributed by atoms with Crippen LogP contribution in [0.15, 0.2) is 0 Å². The minimum absolute atomic E-state index is 0.0316. The van der Waals surface area contributed by atoms with E-state index in [4.69, 9.17) is 16.5 Å². The molecule has 0 aliphatic carbocycles. The van der Waals surface area contributed by atoms with E-state index in [0.717, 1.165) is 6.16 Å². The highest BCUT2D eigenvalue weighted by Crippen LogP contribution is 2.21. The molecule has 0 aromatic carbocycles. The Balaban J connectivity index is 4.42. The molecular weight excluding hydrogens is 203 g/mol. The Morgan fingerprint density at radius 2 is 1.77 bits per heavy atom. The second-order valence-corrected chi connectivity index (χ2v) is 5.09. The Labute approximate surface area is 87.8 Å². The summed E-state index contributed by atoms with van der Waals surface area (Å²) >= 11 is 5.68. The first kappa shape index (κ1) is 13.2. The maximum atomic E-state index is 8.98. The zero-order valence-corrected chi connectivity index (χ0v) is 10.5. The maximum absolute atomic E-state index is 8.98. The summed E-state index contributed by atoms with van der Waals surface area (Å²) in [7, 11) is 0.331. The van der Waals surface area contributed by atoms with E-state index in [1.807, 2.05) is 0 Å². The lowest BCUT2D eigenvalue weighted by Gasteiger charge is -2.34. The van der Waals surface area contributed by atoms with Crippen molar-refractivity contribution in [3.05, 3.63) is 0 Å². The summed E-state index contributed by atoms with van der Waals surface area (Å²) < 4.78 is 0.